The predicted octanol–water partition coefficient (Wildman–Crippen LogP) is 4.35. The topological polar surface area (TPSA) is 26.3 Å². The third-order valence-corrected chi connectivity index (χ3v) is 6.86. The molecular weight excluding hydrogens is 339 g/mol. The molecule has 0 saturated carbocycles. The van der Waals surface area contributed by atoms with Crippen LogP contribution in [0.15, 0.2) is 108 Å². The lowest BCUT2D eigenvalue weighted by Crippen LogP contribution is -2.13. The summed E-state index contributed by atoms with van der Waals surface area (Å²) in [6.07, 6.45) is 12.8. The molecule has 0 heterocycles. The van der Waals surface area contributed by atoms with Crippen molar-refractivity contribution < 1.29 is 9.53 Å². The number of carbonyl (C=O) groups is 1. The minimum Gasteiger partial charge on any atom is -0.466 e. The molecule has 3 rings (SSSR count). The average molecular weight is 361 g/mol. The van der Waals surface area contributed by atoms with Gasteiger partial charge in [0.25, 0.3) is 0 Å². The number of esters is 1. The zero-order valence-corrected chi connectivity index (χ0v) is 15.8. The highest BCUT2D eigenvalue weighted by molar-refractivity contribution is 7.77. The van der Waals surface area contributed by atoms with Crippen molar-refractivity contribution in [3.63, 3.8) is 0 Å². The van der Waals surface area contributed by atoms with Crippen molar-refractivity contribution in [3.05, 3.63) is 108 Å². The second kappa shape index (κ2) is 9.12. The van der Waals surface area contributed by atoms with Gasteiger partial charge in [0.05, 0.1) is 15.0 Å². The van der Waals surface area contributed by atoms with Gasteiger partial charge in [0.15, 0.2) is 0 Å². The Labute approximate surface area is 156 Å². The van der Waals surface area contributed by atoms with E-state index in [4.69, 9.17) is 0 Å². The Kier molecular flexibility index (Phi) is 6.35. The minimum atomic E-state index is -1.06. The molecule has 0 bridgehead atoms. The van der Waals surface area contributed by atoms with Crippen LogP contribution >= 0.6 is 7.92 Å². The zero-order valence-electron chi connectivity index (χ0n) is 14.8. The van der Waals surface area contributed by atoms with Crippen LogP contribution < -0.4 is 10.6 Å². The van der Waals surface area contributed by atoms with Gasteiger partial charge in [0.2, 0.25) is 0 Å². The van der Waals surface area contributed by atoms with Crippen molar-refractivity contribution in [3.8, 4) is 0 Å². The summed E-state index contributed by atoms with van der Waals surface area (Å²) in [5.41, 5.74) is 1.19. The highest BCUT2D eigenvalue weighted by Gasteiger charge is 2.27. The van der Waals surface area contributed by atoms with E-state index in [1.54, 1.807) is 6.08 Å². The molecule has 0 radical (unpaired) electrons. The summed E-state index contributed by atoms with van der Waals surface area (Å²) in [6, 6.07) is 21.4. The zero-order chi connectivity index (χ0) is 18.2. The molecule has 2 aromatic carbocycles. The van der Waals surface area contributed by atoms with Crippen molar-refractivity contribution in [2.24, 2.45) is 0 Å². The lowest BCUT2D eigenvalue weighted by atomic mass is 10.1. The first-order chi connectivity index (χ1) is 12.8. The Morgan fingerprint density at radius 1 is 1.00 bits per heavy atom. The number of benzene rings is 2. The first kappa shape index (κ1) is 18.1. The fourth-order valence-corrected chi connectivity index (χ4v) is 5.59. The molecule has 0 fully saturated rings. The van der Waals surface area contributed by atoms with Crippen LogP contribution in [0.4, 0.5) is 0 Å². The third kappa shape index (κ3) is 4.68. The normalized spacial score (nSPS) is 15.5. The van der Waals surface area contributed by atoms with Crippen molar-refractivity contribution >= 4 is 24.5 Å². The van der Waals surface area contributed by atoms with Crippen molar-refractivity contribution in [1.82, 2.24) is 0 Å². The molecule has 2 nitrogen and oxygen atoms in total. The number of allylic oxidation sites excluding steroid dienone is 7. The van der Waals surface area contributed by atoms with Crippen LogP contribution in [-0.4, -0.2) is 13.1 Å². The Bertz CT molecular complexity index is 822. The number of methoxy groups -OCH3 is 1. The van der Waals surface area contributed by atoms with Gasteiger partial charge in [-0.2, -0.15) is 0 Å². The maximum atomic E-state index is 11.2. The molecule has 0 saturated heterocycles. The molecule has 1 aliphatic carbocycles. The number of hydrogen-bond acceptors (Lipinski definition) is 2. The SMILES string of the molecule is COC(=O)C=CC=C1C=C([PH+](c2ccccc2)c2ccccc2)C=CC1. The van der Waals surface area contributed by atoms with E-state index in [9.17, 15) is 4.79 Å². The molecule has 0 spiro atoms. The average Bonchev–Trinajstić information content (AvgIpc) is 2.70. The second-order valence-corrected chi connectivity index (χ2v) is 8.42. The molecular formula is C23H22O2P+. The summed E-state index contributed by atoms with van der Waals surface area (Å²) in [6.45, 7) is 0. The van der Waals surface area contributed by atoms with Crippen molar-refractivity contribution in [2.45, 2.75) is 6.42 Å². The number of hydrogen-bond donors (Lipinski definition) is 0. The summed E-state index contributed by atoms with van der Waals surface area (Å²) in [7, 11) is 0.324. The molecule has 0 N–H and O–H groups in total. The van der Waals surface area contributed by atoms with E-state index < -0.39 is 7.92 Å². The number of carbonyl (C=O) groups excluding carboxylic acids is 1. The van der Waals surface area contributed by atoms with Crippen molar-refractivity contribution in [2.75, 3.05) is 7.11 Å². The summed E-state index contributed by atoms with van der Waals surface area (Å²) < 4.78 is 4.64. The van der Waals surface area contributed by atoms with E-state index in [2.05, 4.69) is 83.6 Å². The second-order valence-electron chi connectivity index (χ2n) is 5.94. The number of ether oxygens (including phenoxy) is 1. The van der Waals surface area contributed by atoms with E-state index in [1.165, 1.54) is 34.7 Å². The molecule has 0 atom stereocenters. The molecule has 130 valence electrons. The molecule has 0 unspecified atom stereocenters. The predicted molar refractivity (Wildman–Crippen MR) is 112 cm³/mol. The van der Waals surface area contributed by atoms with Gasteiger partial charge < -0.3 is 4.74 Å². The summed E-state index contributed by atoms with van der Waals surface area (Å²) >= 11 is 0. The van der Waals surface area contributed by atoms with Gasteiger partial charge in [0.1, 0.15) is 15.9 Å². The molecule has 0 amide bonds. The van der Waals surface area contributed by atoms with Crippen LogP contribution in [0.2, 0.25) is 0 Å². The largest absolute Gasteiger partial charge is 0.466 e. The minimum absolute atomic E-state index is 0.337. The van der Waals surface area contributed by atoms with Gasteiger partial charge in [-0.1, -0.05) is 54.6 Å². The Hall–Kier alpha value is -2.70. The van der Waals surface area contributed by atoms with Crippen LogP contribution in [-0.2, 0) is 9.53 Å². The van der Waals surface area contributed by atoms with Crippen LogP contribution in [0.5, 0.6) is 0 Å². The monoisotopic (exact) mass is 361 g/mol. The summed E-state index contributed by atoms with van der Waals surface area (Å²) in [4.78, 5) is 11.2. The molecule has 2 aromatic rings. The first-order valence-electron chi connectivity index (χ1n) is 8.59. The van der Waals surface area contributed by atoms with E-state index in [1.807, 2.05) is 6.08 Å². The van der Waals surface area contributed by atoms with Crippen molar-refractivity contribution in [1.29, 1.82) is 0 Å². The van der Waals surface area contributed by atoms with Crippen LogP contribution in [0, 0.1) is 0 Å². The molecule has 3 heteroatoms. The van der Waals surface area contributed by atoms with Crippen LogP contribution in [0.25, 0.3) is 0 Å². The van der Waals surface area contributed by atoms with Gasteiger partial charge in [-0.25, -0.2) is 4.79 Å². The maximum Gasteiger partial charge on any atom is 0.330 e. The Morgan fingerprint density at radius 3 is 2.19 bits per heavy atom. The smallest absolute Gasteiger partial charge is 0.330 e. The quantitative estimate of drug-likeness (QED) is 0.450. The highest BCUT2D eigenvalue weighted by Crippen LogP contribution is 2.45. The van der Waals surface area contributed by atoms with E-state index in [0.29, 0.717) is 0 Å². The molecule has 26 heavy (non-hydrogen) atoms. The molecule has 0 aliphatic heterocycles. The fourth-order valence-electron chi connectivity index (χ4n) is 2.93. The standard InChI is InChI=1S/C23H21O2P/c1-25-23(24)17-9-11-19-10-8-16-22(18-19)26(20-12-4-2-5-13-20)21-14-6-3-7-15-21/h2-9,11-18H,10H2,1H3/p+1. The fraction of sp³-hybridized carbons (Fsp3) is 0.0870. The van der Waals surface area contributed by atoms with Gasteiger partial charge in [-0.3, -0.25) is 0 Å². The van der Waals surface area contributed by atoms with E-state index >= 15 is 0 Å². The van der Waals surface area contributed by atoms with Crippen LogP contribution in [0.1, 0.15) is 6.42 Å². The van der Waals surface area contributed by atoms with Crippen LogP contribution in [0.3, 0.4) is 0 Å². The maximum absolute atomic E-state index is 11.2. The summed E-state index contributed by atoms with van der Waals surface area (Å²) in [5, 5.41) is 4.08. The lowest BCUT2D eigenvalue weighted by molar-refractivity contribution is -0.134. The lowest BCUT2D eigenvalue weighted by Gasteiger charge is -2.14. The van der Waals surface area contributed by atoms with E-state index in [-0.39, 0.29) is 5.97 Å². The third-order valence-electron chi connectivity index (χ3n) is 4.15. The Balaban J connectivity index is 1.96. The van der Waals surface area contributed by atoms with Gasteiger partial charge in [-0.15, -0.1) is 0 Å². The molecule has 1 aliphatic rings. The molecule has 0 aromatic heterocycles. The van der Waals surface area contributed by atoms with Gasteiger partial charge >= 0.3 is 5.97 Å². The first-order valence-corrected chi connectivity index (χ1v) is 10.1. The number of rotatable bonds is 5. The van der Waals surface area contributed by atoms with E-state index in [0.717, 1.165) is 6.42 Å². The van der Waals surface area contributed by atoms with Gasteiger partial charge in [-0.05, 0) is 48.4 Å². The highest BCUT2D eigenvalue weighted by atomic mass is 31.1. The Morgan fingerprint density at radius 2 is 1.62 bits per heavy atom. The van der Waals surface area contributed by atoms with Gasteiger partial charge in [0, 0.05) is 6.08 Å². The summed E-state index contributed by atoms with van der Waals surface area (Å²) in [5.74, 6) is -0.337.